The molecule has 2 aromatic heterocycles. The van der Waals surface area contributed by atoms with Crippen molar-refractivity contribution in [3.63, 3.8) is 0 Å². The van der Waals surface area contributed by atoms with Crippen molar-refractivity contribution >= 4 is 34.2 Å². The summed E-state index contributed by atoms with van der Waals surface area (Å²) in [6, 6.07) is 10.7. The van der Waals surface area contributed by atoms with E-state index in [2.05, 4.69) is 26.2 Å². The Hall–Kier alpha value is -5.43. The van der Waals surface area contributed by atoms with Gasteiger partial charge in [-0.2, -0.15) is 0 Å². The zero-order valence-electron chi connectivity index (χ0n) is 32.4. The second kappa shape index (κ2) is 13.0. The quantitative estimate of drug-likeness (QED) is 0.271. The van der Waals surface area contributed by atoms with Gasteiger partial charge in [-0.25, -0.2) is 4.98 Å². The number of nitrogens with zero attached hydrogens (tertiary/aromatic N) is 5. The summed E-state index contributed by atoms with van der Waals surface area (Å²) in [5.41, 5.74) is 3.96. The number of aromatic nitrogens is 2. The van der Waals surface area contributed by atoms with E-state index in [0.717, 1.165) is 60.4 Å². The van der Waals surface area contributed by atoms with Crippen molar-refractivity contribution in [2.45, 2.75) is 44.8 Å². The molecule has 0 radical (unpaired) electrons. The summed E-state index contributed by atoms with van der Waals surface area (Å²) in [4.78, 5) is 61.1. The van der Waals surface area contributed by atoms with Crippen LogP contribution in [0.2, 0.25) is 0 Å². The van der Waals surface area contributed by atoms with Gasteiger partial charge >= 0.3 is 0 Å². The first-order valence-electron chi connectivity index (χ1n) is 18.9. The molecule has 0 aliphatic carbocycles. The van der Waals surface area contributed by atoms with Gasteiger partial charge in [0.25, 0.3) is 11.5 Å². The van der Waals surface area contributed by atoms with Crippen molar-refractivity contribution in [3.05, 3.63) is 75.8 Å². The van der Waals surface area contributed by atoms with Crippen molar-refractivity contribution in [1.29, 1.82) is 0 Å². The zero-order chi connectivity index (χ0) is 38.8. The average molecular weight is 710 g/mol. The number of hydrogen-bond acceptors (Lipinski definition) is 10. The van der Waals surface area contributed by atoms with Gasteiger partial charge < -0.3 is 28.6 Å². The summed E-state index contributed by atoms with van der Waals surface area (Å²) in [5.74, 6) is 0.562. The van der Waals surface area contributed by atoms with Crippen LogP contribution in [0.15, 0.2) is 53.6 Å². The molecule has 0 saturated carbocycles. The van der Waals surface area contributed by atoms with Gasteiger partial charge in [-0.05, 0) is 67.7 Å². The minimum atomic E-state index is -2.71. The van der Waals surface area contributed by atoms with Crippen molar-refractivity contribution in [2.24, 2.45) is 12.4 Å². The summed E-state index contributed by atoms with van der Waals surface area (Å²) in [6.07, 6.45) is 5.24. The predicted octanol–water partition coefficient (Wildman–Crippen LogP) is 3.49. The molecule has 3 fully saturated rings. The summed E-state index contributed by atoms with van der Waals surface area (Å²) < 4.78 is 41.9. The minimum Gasteiger partial charge on any atom is -0.496 e. The second-order valence-electron chi connectivity index (χ2n) is 14.2. The Morgan fingerprint density at radius 2 is 1.69 bits per heavy atom. The van der Waals surface area contributed by atoms with Crippen molar-refractivity contribution in [3.8, 4) is 28.5 Å². The minimum absolute atomic E-state index is 0.148. The number of rotatable bonds is 8. The number of hydrogen-bond donors (Lipinski definition) is 1. The molecule has 4 aromatic rings. The number of ether oxygens (including phenoxy) is 3. The van der Waals surface area contributed by atoms with Crippen LogP contribution in [0.5, 0.6) is 17.4 Å². The van der Waals surface area contributed by atoms with E-state index in [9.17, 15) is 19.2 Å². The number of aryl methyl sites for hydroxylation is 1. The van der Waals surface area contributed by atoms with Crippen molar-refractivity contribution in [2.75, 3.05) is 52.4 Å². The molecule has 1 N–H and O–H groups in total. The first-order chi connectivity index (χ1) is 26.3. The van der Waals surface area contributed by atoms with Crippen molar-refractivity contribution < 1.29 is 32.7 Å². The van der Waals surface area contributed by atoms with E-state index in [1.54, 1.807) is 25.2 Å². The zero-order valence-corrected chi connectivity index (χ0v) is 29.4. The number of piperidine rings is 2. The number of carbonyl (C=O) groups excluding carboxylic acids is 3. The van der Waals surface area contributed by atoms with Crippen LogP contribution in [0.3, 0.4) is 0 Å². The third kappa shape index (κ3) is 5.72. The highest BCUT2D eigenvalue weighted by Crippen LogP contribution is 2.45. The van der Waals surface area contributed by atoms with E-state index in [1.165, 1.54) is 19.5 Å². The summed E-state index contributed by atoms with van der Waals surface area (Å²) in [6.45, 7) is 1.74. The Kier molecular flexibility index (Phi) is 7.53. The number of pyridine rings is 2. The maximum Gasteiger partial charge on any atom is 0.259 e. The topological polar surface area (TPSA) is 136 Å². The monoisotopic (exact) mass is 709 g/mol. The molecule has 13 heteroatoms. The maximum absolute atomic E-state index is 13.4. The van der Waals surface area contributed by atoms with Crippen LogP contribution < -0.4 is 30.0 Å². The lowest BCUT2D eigenvalue weighted by atomic mass is 9.71. The van der Waals surface area contributed by atoms with Gasteiger partial charge in [0.2, 0.25) is 17.7 Å². The third-order valence-electron chi connectivity index (χ3n) is 11.2. The number of carbonyl (C=O) groups is 3. The number of benzene rings is 2. The van der Waals surface area contributed by atoms with Crippen LogP contribution in [0.4, 0.5) is 5.69 Å². The van der Waals surface area contributed by atoms with Gasteiger partial charge in [-0.15, -0.1) is 0 Å². The Morgan fingerprint density at radius 3 is 2.37 bits per heavy atom. The molecule has 0 bridgehead atoms. The van der Waals surface area contributed by atoms with Crippen LogP contribution in [0.25, 0.3) is 21.9 Å². The molecule has 4 aliphatic heterocycles. The summed E-state index contributed by atoms with van der Waals surface area (Å²) in [7, 11) is 4.65. The molecule has 3 amide bonds. The number of anilines is 1. The normalized spacial score (nSPS) is 20.9. The van der Waals surface area contributed by atoms with Crippen LogP contribution in [0, 0.1) is 5.41 Å². The highest BCUT2D eigenvalue weighted by atomic mass is 16.5. The number of imide groups is 1. The van der Waals surface area contributed by atoms with E-state index in [-0.39, 0.29) is 34.9 Å². The van der Waals surface area contributed by atoms with E-state index in [1.807, 2.05) is 24.3 Å². The fraction of sp³-hybridized carbons (Fsp3) is 0.410. The van der Waals surface area contributed by atoms with Gasteiger partial charge in [0.1, 0.15) is 17.5 Å². The highest BCUT2D eigenvalue weighted by molar-refractivity contribution is 6.05. The Balaban J connectivity index is 0.963. The number of fused-ring (bicyclic) bond motifs is 2. The van der Waals surface area contributed by atoms with Gasteiger partial charge in [0, 0.05) is 89.8 Å². The van der Waals surface area contributed by atoms with Gasteiger partial charge in [-0.3, -0.25) is 29.4 Å². The SMILES string of the molecule is [2H]C([2H])([2H])n1cc(-c2cc(OC)c(CN3CCC4(CC3)CN(c3ccc5c(c3)C(=O)N(C3CCC(=O)NC3=O)C5)C4)c(OC)c2)c2cc(OC)ncc2c1=O. The fourth-order valence-electron chi connectivity index (χ4n) is 8.26. The van der Waals surface area contributed by atoms with Gasteiger partial charge in [-0.1, -0.05) is 6.07 Å². The molecule has 52 heavy (non-hydrogen) atoms. The largest absolute Gasteiger partial charge is 0.496 e. The third-order valence-corrected chi connectivity index (χ3v) is 11.2. The Labute approximate surface area is 305 Å². The van der Waals surface area contributed by atoms with Gasteiger partial charge in [0.15, 0.2) is 0 Å². The molecule has 3 saturated heterocycles. The number of methoxy groups -OCH3 is 3. The second-order valence-corrected chi connectivity index (χ2v) is 14.2. The van der Waals surface area contributed by atoms with Crippen molar-refractivity contribution in [1.82, 2.24) is 24.7 Å². The lowest BCUT2D eigenvalue weighted by Gasteiger charge is -2.55. The first-order valence-corrected chi connectivity index (χ1v) is 17.4. The van der Waals surface area contributed by atoms with Crippen LogP contribution in [-0.4, -0.2) is 90.6 Å². The van der Waals surface area contributed by atoms with E-state index in [0.29, 0.717) is 53.1 Å². The van der Waals surface area contributed by atoms with Crippen LogP contribution in [-0.2, 0) is 29.7 Å². The molecular formula is C39H42N6O7. The van der Waals surface area contributed by atoms with Crippen LogP contribution in [0.1, 0.15) is 51.3 Å². The standard InChI is InChI=1S/C39H42N6O7/c1-42-19-29(27-16-35(52-4)40-17-28(27)37(42)48)24-13-32(50-2)30(33(14-24)51-3)20-43-11-9-39(10-12-43)21-44(22-39)25-6-5-23-18-45(38(49)26(23)15-25)31-7-8-34(46)41-36(31)47/h5-6,13-17,19,31H,7-12,18,20-22H2,1-4H3,(H,41,46,47)/i1D3. The number of nitrogens with one attached hydrogen (secondary N) is 1. The molecule has 1 atom stereocenters. The molecule has 1 spiro atoms. The molecule has 8 rings (SSSR count). The fourth-order valence-corrected chi connectivity index (χ4v) is 8.26. The average Bonchev–Trinajstić information content (AvgIpc) is 3.48. The molecule has 4 aliphatic rings. The lowest BCUT2D eigenvalue weighted by Crippen LogP contribution is -2.60. The van der Waals surface area contributed by atoms with E-state index < -0.39 is 24.5 Å². The molecule has 270 valence electrons. The molecule has 13 nitrogen and oxygen atoms in total. The van der Waals surface area contributed by atoms with E-state index in [4.69, 9.17) is 18.3 Å². The van der Waals surface area contributed by atoms with Gasteiger partial charge in [0.05, 0.1) is 32.3 Å². The summed E-state index contributed by atoms with van der Waals surface area (Å²) >= 11 is 0. The highest BCUT2D eigenvalue weighted by Gasteiger charge is 2.46. The van der Waals surface area contributed by atoms with E-state index >= 15 is 0 Å². The first kappa shape index (κ1) is 30.2. The molecule has 6 heterocycles. The molecule has 2 aromatic carbocycles. The number of amides is 3. The maximum atomic E-state index is 13.4. The number of likely N-dealkylation sites (tertiary alicyclic amines) is 1. The summed E-state index contributed by atoms with van der Waals surface area (Å²) in [5, 5.41) is 3.00. The lowest BCUT2D eigenvalue weighted by molar-refractivity contribution is -0.136. The smallest absolute Gasteiger partial charge is 0.259 e. The molecular weight excluding hydrogens is 664 g/mol. The Morgan fingerprint density at radius 1 is 0.942 bits per heavy atom. The predicted molar refractivity (Wildman–Crippen MR) is 194 cm³/mol. The Bertz CT molecular complexity index is 2270. The van der Waals surface area contributed by atoms with Crippen LogP contribution >= 0.6 is 0 Å². The molecule has 1 unspecified atom stereocenters.